The minimum Gasteiger partial charge on any atom is -0.497 e. The first-order valence-corrected chi connectivity index (χ1v) is 14.0. The summed E-state index contributed by atoms with van der Waals surface area (Å²) in [7, 11) is -2.34. The van der Waals surface area contributed by atoms with Gasteiger partial charge in [0.05, 0.1) is 12.9 Å². The molecule has 0 saturated heterocycles. The maximum absolute atomic E-state index is 11.3. The van der Waals surface area contributed by atoms with Crippen LogP contribution in [-0.2, 0) is 16.7 Å². The van der Waals surface area contributed by atoms with Crippen molar-refractivity contribution in [2.75, 3.05) is 24.3 Å². The fourth-order valence-electron chi connectivity index (χ4n) is 4.48. The smallest absolute Gasteiger partial charge is 0.265 e. The maximum atomic E-state index is 11.3. The van der Waals surface area contributed by atoms with Gasteiger partial charge in [0.25, 0.3) is 10.1 Å². The van der Waals surface area contributed by atoms with Gasteiger partial charge in [0, 0.05) is 47.9 Å². The van der Waals surface area contributed by atoms with Crippen LogP contribution in [0.4, 0.5) is 11.4 Å². The van der Waals surface area contributed by atoms with Gasteiger partial charge >= 0.3 is 0 Å². The van der Waals surface area contributed by atoms with Gasteiger partial charge in [-0.1, -0.05) is 23.8 Å². The van der Waals surface area contributed by atoms with Crippen LogP contribution in [0.15, 0.2) is 78.9 Å². The van der Waals surface area contributed by atoms with E-state index in [0.717, 1.165) is 51.4 Å². The lowest BCUT2D eigenvalue weighted by atomic mass is 10.1. The average molecular weight is 518 g/mol. The van der Waals surface area contributed by atoms with E-state index >= 15 is 0 Å². The summed E-state index contributed by atoms with van der Waals surface area (Å²) < 4.78 is 39.1. The highest BCUT2D eigenvalue weighted by Gasteiger charge is 2.16. The molecule has 0 atom stereocenters. The minimum absolute atomic E-state index is 0.269. The number of fused-ring (bicyclic) bond motifs is 1. The van der Waals surface area contributed by atoms with E-state index in [-0.39, 0.29) is 5.75 Å². The molecule has 0 saturated carbocycles. The molecule has 0 bridgehead atoms. The molecule has 0 aliphatic carbocycles. The molecule has 7 heteroatoms. The minimum atomic E-state index is -4.00. The zero-order valence-electron chi connectivity index (χ0n) is 21.5. The van der Waals surface area contributed by atoms with Gasteiger partial charge in [-0.05, 0) is 74.0 Å². The van der Waals surface area contributed by atoms with Crippen LogP contribution in [0, 0.1) is 6.92 Å². The van der Waals surface area contributed by atoms with Crippen molar-refractivity contribution in [2.45, 2.75) is 26.8 Å². The molecule has 4 aromatic rings. The first kappa shape index (κ1) is 26.4. The van der Waals surface area contributed by atoms with Crippen LogP contribution in [-0.4, -0.2) is 32.4 Å². The Morgan fingerprint density at radius 3 is 2.22 bits per heavy atom. The molecule has 0 unspecified atom stereocenters. The van der Waals surface area contributed by atoms with Crippen LogP contribution in [0.1, 0.15) is 30.2 Å². The predicted molar refractivity (Wildman–Crippen MR) is 151 cm³/mol. The van der Waals surface area contributed by atoms with Gasteiger partial charge in [-0.25, -0.2) is 0 Å². The van der Waals surface area contributed by atoms with Crippen LogP contribution in [0.25, 0.3) is 23.1 Å². The number of benzene rings is 3. The Balaban J connectivity index is 1.58. The summed E-state index contributed by atoms with van der Waals surface area (Å²) >= 11 is 0. The van der Waals surface area contributed by atoms with Gasteiger partial charge in [-0.2, -0.15) is 13.0 Å². The van der Waals surface area contributed by atoms with Crippen molar-refractivity contribution in [1.82, 2.24) is 0 Å². The van der Waals surface area contributed by atoms with Gasteiger partial charge in [-0.15, -0.1) is 0 Å². The van der Waals surface area contributed by atoms with Crippen LogP contribution >= 0.6 is 0 Å². The second-order valence-corrected chi connectivity index (χ2v) is 10.6. The summed E-state index contributed by atoms with van der Waals surface area (Å²) in [5.74, 6) is 0.564. The fourth-order valence-corrected chi connectivity index (χ4v) is 4.97. The van der Waals surface area contributed by atoms with E-state index < -0.39 is 10.1 Å². The summed E-state index contributed by atoms with van der Waals surface area (Å²) in [5.41, 5.74) is 6.41. The molecule has 192 valence electrons. The Morgan fingerprint density at radius 1 is 0.919 bits per heavy atom. The van der Waals surface area contributed by atoms with Crippen molar-refractivity contribution in [1.29, 1.82) is 0 Å². The second-order valence-electron chi connectivity index (χ2n) is 8.98. The predicted octanol–water partition coefficient (Wildman–Crippen LogP) is 6.05. The van der Waals surface area contributed by atoms with Gasteiger partial charge in [0.2, 0.25) is 11.2 Å². The van der Waals surface area contributed by atoms with Crippen LogP contribution < -0.4 is 14.2 Å². The van der Waals surface area contributed by atoms with Gasteiger partial charge in [-0.3, -0.25) is 4.55 Å². The third kappa shape index (κ3) is 6.76. The Labute approximate surface area is 219 Å². The van der Waals surface area contributed by atoms with E-state index in [2.05, 4.69) is 83.1 Å². The summed E-state index contributed by atoms with van der Waals surface area (Å²) in [5, 5.41) is 1.09. The summed E-state index contributed by atoms with van der Waals surface area (Å²) in [6.07, 6.45) is 4.43. The van der Waals surface area contributed by atoms with Crippen molar-refractivity contribution in [3.8, 4) is 5.75 Å². The van der Waals surface area contributed by atoms with E-state index in [9.17, 15) is 13.0 Å². The molecule has 0 spiro atoms. The first-order valence-electron chi connectivity index (χ1n) is 12.4. The third-order valence-electron chi connectivity index (χ3n) is 6.35. The number of aryl methyl sites for hydroxylation is 2. The molecule has 4 rings (SSSR count). The Kier molecular flexibility index (Phi) is 8.26. The summed E-state index contributed by atoms with van der Waals surface area (Å²) in [4.78, 5) is 2.24. The SMILES string of the molecule is CCN(c1ccc(/C=C/c2ccc3cc(C)ccc3[n+]2CCCS(=O)(=O)O)cc1)c1ccc(OC)cc1. The monoisotopic (exact) mass is 517 g/mol. The number of nitrogens with zero attached hydrogens (tertiary/aromatic N) is 2. The lowest BCUT2D eigenvalue weighted by molar-refractivity contribution is -0.673. The van der Waals surface area contributed by atoms with Crippen molar-refractivity contribution in [3.05, 3.63) is 95.7 Å². The molecule has 1 aromatic heterocycles. The van der Waals surface area contributed by atoms with Crippen LogP contribution in [0.5, 0.6) is 5.75 Å². The quantitative estimate of drug-likeness (QED) is 0.205. The number of methoxy groups -OCH3 is 1. The van der Waals surface area contributed by atoms with Crippen molar-refractivity contribution in [2.24, 2.45) is 0 Å². The fraction of sp³-hybridized carbons (Fsp3) is 0.233. The Morgan fingerprint density at radius 2 is 1.59 bits per heavy atom. The third-order valence-corrected chi connectivity index (χ3v) is 7.16. The molecule has 0 aliphatic rings. The summed E-state index contributed by atoms with van der Waals surface area (Å²) in [6.45, 7) is 5.49. The molecule has 0 aliphatic heterocycles. The van der Waals surface area contributed by atoms with Crippen LogP contribution in [0.3, 0.4) is 0 Å². The maximum Gasteiger partial charge on any atom is 0.265 e. The topological polar surface area (TPSA) is 70.7 Å². The molecule has 6 nitrogen and oxygen atoms in total. The Hall–Kier alpha value is -3.68. The number of ether oxygens (including phenoxy) is 1. The molecule has 0 radical (unpaired) electrons. The Bertz CT molecular complexity index is 1500. The highest BCUT2D eigenvalue weighted by Crippen LogP contribution is 2.27. The van der Waals surface area contributed by atoms with Crippen molar-refractivity contribution < 1.29 is 22.3 Å². The standard InChI is InChI=1S/C30H32N2O4S/c1-4-31(27-15-17-29(36-3)18-16-27)26-11-7-24(8-12-26)9-13-28-14-10-25-22-23(2)6-19-30(25)32(28)20-5-21-37(33,34)35/h6-19,22H,4-5,20-21H2,1-3H3/p+1. The molecule has 1 N–H and O–H groups in total. The van der Waals surface area contributed by atoms with Crippen molar-refractivity contribution in [3.63, 3.8) is 0 Å². The lowest BCUT2D eigenvalue weighted by Gasteiger charge is -2.23. The molecule has 0 amide bonds. The normalized spacial score (nSPS) is 11.8. The molecular weight excluding hydrogens is 484 g/mol. The molecule has 3 aromatic carbocycles. The lowest BCUT2D eigenvalue weighted by Crippen LogP contribution is -2.38. The number of hydrogen-bond acceptors (Lipinski definition) is 4. The summed E-state index contributed by atoms with van der Waals surface area (Å²) in [6, 6.07) is 26.8. The van der Waals surface area contributed by atoms with Gasteiger partial charge in [0.1, 0.15) is 5.75 Å². The number of aromatic nitrogens is 1. The van der Waals surface area contributed by atoms with E-state index in [1.807, 2.05) is 31.2 Å². The van der Waals surface area contributed by atoms with Crippen molar-refractivity contribution >= 4 is 44.5 Å². The highest BCUT2D eigenvalue weighted by molar-refractivity contribution is 7.85. The van der Waals surface area contributed by atoms with E-state index in [0.29, 0.717) is 13.0 Å². The second kappa shape index (κ2) is 11.6. The van der Waals surface area contributed by atoms with E-state index in [4.69, 9.17) is 4.74 Å². The highest BCUT2D eigenvalue weighted by atomic mass is 32.2. The molecule has 37 heavy (non-hydrogen) atoms. The molecular formula is C30H33N2O4S+. The zero-order valence-corrected chi connectivity index (χ0v) is 22.3. The van der Waals surface area contributed by atoms with E-state index in [1.54, 1.807) is 7.11 Å². The zero-order chi connectivity index (χ0) is 26.4. The number of anilines is 2. The molecule has 0 fully saturated rings. The first-order chi connectivity index (χ1) is 17.8. The molecule has 1 heterocycles. The van der Waals surface area contributed by atoms with E-state index in [1.165, 1.54) is 0 Å². The number of hydrogen-bond donors (Lipinski definition) is 1. The largest absolute Gasteiger partial charge is 0.497 e. The van der Waals surface area contributed by atoms with Crippen LogP contribution in [0.2, 0.25) is 0 Å². The average Bonchev–Trinajstić information content (AvgIpc) is 2.88. The number of pyridine rings is 1. The number of rotatable bonds is 10. The van der Waals surface area contributed by atoms with Gasteiger partial charge in [0.15, 0.2) is 6.54 Å². The van der Waals surface area contributed by atoms with Gasteiger partial charge < -0.3 is 9.64 Å².